The van der Waals surface area contributed by atoms with E-state index in [0.717, 1.165) is 12.2 Å². The summed E-state index contributed by atoms with van der Waals surface area (Å²) >= 11 is 0. The van der Waals surface area contributed by atoms with Crippen molar-refractivity contribution in [2.45, 2.75) is 53.1 Å². The van der Waals surface area contributed by atoms with Gasteiger partial charge < -0.3 is 14.4 Å². The zero-order valence-electron chi connectivity index (χ0n) is 13.8. The molecule has 0 aromatic heterocycles. The highest BCUT2D eigenvalue weighted by Gasteiger charge is 2.20. The van der Waals surface area contributed by atoms with Crippen molar-refractivity contribution in [3.63, 3.8) is 0 Å². The van der Waals surface area contributed by atoms with Gasteiger partial charge in [0, 0.05) is 12.1 Å². The molecule has 0 N–H and O–H groups in total. The van der Waals surface area contributed by atoms with E-state index in [1.54, 1.807) is 0 Å². The van der Waals surface area contributed by atoms with Gasteiger partial charge in [0.15, 0.2) is 6.61 Å². The molecule has 0 unspecified atom stereocenters. The van der Waals surface area contributed by atoms with Crippen molar-refractivity contribution in [1.29, 1.82) is 0 Å². The Morgan fingerprint density at radius 2 is 1.48 bits per heavy atom. The lowest BCUT2D eigenvalue weighted by Gasteiger charge is -2.30. The molecule has 0 aliphatic carbocycles. The van der Waals surface area contributed by atoms with Crippen LogP contribution in [0.3, 0.4) is 0 Å². The van der Waals surface area contributed by atoms with E-state index in [2.05, 4.69) is 6.92 Å². The van der Waals surface area contributed by atoms with Gasteiger partial charge in [-0.1, -0.05) is 6.92 Å². The zero-order chi connectivity index (χ0) is 15.8. The Morgan fingerprint density at radius 1 is 1.00 bits per heavy atom. The molecule has 4 heteroatoms. The number of rotatable bonds is 8. The van der Waals surface area contributed by atoms with Gasteiger partial charge in [-0.25, -0.2) is 0 Å². The molecule has 1 amide bonds. The van der Waals surface area contributed by atoms with Gasteiger partial charge in [-0.2, -0.15) is 0 Å². The highest BCUT2D eigenvalue weighted by atomic mass is 16.5. The van der Waals surface area contributed by atoms with Gasteiger partial charge in [0.2, 0.25) is 0 Å². The van der Waals surface area contributed by atoms with Gasteiger partial charge in [-0.3, -0.25) is 4.79 Å². The number of nitrogens with zero attached hydrogens (tertiary/aromatic N) is 1. The molecule has 0 saturated carbocycles. The third-order valence-corrected chi connectivity index (χ3v) is 3.06. The van der Waals surface area contributed by atoms with Gasteiger partial charge in [0.1, 0.15) is 11.5 Å². The van der Waals surface area contributed by atoms with Gasteiger partial charge in [0.05, 0.1) is 6.61 Å². The fourth-order valence-electron chi connectivity index (χ4n) is 2.24. The lowest BCUT2D eigenvalue weighted by Crippen LogP contribution is -2.44. The lowest BCUT2D eigenvalue weighted by atomic mass is 10.2. The number of amides is 1. The highest BCUT2D eigenvalue weighted by Crippen LogP contribution is 2.18. The van der Waals surface area contributed by atoms with Crippen molar-refractivity contribution in [1.82, 2.24) is 4.90 Å². The van der Waals surface area contributed by atoms with E-state index >= 15 is 0 Å². The first kappa shape index (κ1) is 17.3. The summed E-state index contributed by atoms with van der Waals surface area (Å²) in [4.78, 5) is 14.0. The Bertz CT molecular complexity index is 418. The number of carbonyl (C=O) groups excluding carboxylic acids is 1. The fraction of sp³-hybridized carbons (Fsp3) is 0.588. The standard InChI is InChI=1S/C17H27NO3/c1-6-11-20-15-7-9-16(10-8-15)21-12-17(19)18(13(2)3)14(4)5/h7-10,13-14H,6,11-12H2,1-5H3. The van der Waals surface area contributed by atoms with E-state index in [-0.39, 0.29) is 24.6 Å². The second kappa shape index (κ2) is 8.55. The average molecular weight is 293 g/mol. The fourth-order valence-corrected chi connectivity index (χ4v) is 2.24. The lowest BCUT2D eigenvalue weighted by molar-refractivity contribution is -0.136. The van der Waals surface area contributed by atoms with Crippen molar-refractivity contribution in [2.75, 3.05) is 13.2 Å². The third-order valence-electron chi connectivity index (χ3n) is 3.06. The van der Waals surface area contributed by atoms with Crippen molar-refractivity contribution in [2.24, 2.45) is 0 Å². The average Bonchev–Trinajstić information content (AvgIpc) is 2.43. The van der Waals surface area contributed by atoms with E-state index in [0.29, 0.717) is 12.4 Å². The van der Waals surface area contributed by atoms with Crippen molar-refractivity contribution in [3.8, 4) is 11.5 Å². The van der Waals surface area contributed by atoms with Crippen LogP contribution in [0.15, 0.2) is 24.3 Å². The summed E-state index contributed by atoms with van der Waals surface area (Å²) in [5.74, 6) is 1.51. The second-order valence-electron chi connectivity index (χ2n) is 5.60. The predicted molar refractivity (Wildman–Crippen MR) is 84.8 cm³/mol. The molecule has 0 heterocycles. The maximum Gasteiger partial charge on any atom is 0.260 e. The summed E-state index contributed by atoms with van der Waals surface area (Å²) in [5.41, 5.74) is 0. The minimum Gasteiger partial charge on any atom is -0.494 e. The summed E-state index contributed by atoms with van der Waals surface area (Å²) in [6.07, 6.45) is 0.979. The monoisotopic (exact) mass is 293 g/mol. The van der Waals surface area contributed by atoms with Crippen molar-refractivity contribution in [3.05, 3.63) is 24.3 Å². The van der Waals surface area contributed by atoms with Crippen molar-refractivity contribution < 1.29 is 14.3 Å². The number of benzene rings is 1. The Morgan fingerprint density at radius 3 is 1.90 bits per heavy atom. The number of hydrogen-bond donors (Lipinski definition) is 0. The summed E-state index contributed by atoms with van der Waals surface area (Å²) in [7, 11) is 0. The minimum absolute atomic E-state index is 0.00584. The van der Waals surface area contributed by atoms with Crippen LogP contribution in [0.5, 0.6) is 11.5 Å². The molecule has 0 spiro atoms. The molecule has 4 nitrogen and oxygen atoms in total. The van der Waals surface area contributed by atoms with Gasteiger partial charge >= 0.3 is 0 Å². The molecule has 0 saturated heterocycles. The molecule has 1 rings (SSSR count). The number of hydrogen-bond acceptors (Lipinski definition) is 3. The Balaban J connectivity index is 2.52. The summed E-state index contributed by atoms with van der Waals surface area (Å²) in [5, 5.41) is 0. The van der Waals surface area contributed by atoms with Crippen LogP contribution < -0.4 is 9.47 Å². The maximum absolute atomic E-state index is 12.2. The molecule has 0 radical (unpaired) electrons. The predicted octanol–water partition coefficient (Wildman–Crippen LogP) is 3.50. The molecule has 0 bridgehead atoms. The number of carbonyl (C=O) groups is 1. The van der Waals surface area contributed by atoms with Crippen LogP contribution in [-0.4, -0.2) is 36.1 Å². The molecule has 21 heavy (non-hydrogen) atoms. The molecule has 118 valence electrons. The SMILES string of the molecule is CCCOc1ccc(OCC(=O)N(C(C)C)C(C)C)cc1. The molecule has 0 fully saturated rings. The Kier molecular flexibility index (Phi) is 7.06. The zero-order valence-corrected chi connectivity index (χ0v) is 13.8. The summed E-state index contributed by atoms with van der Waals surface area (Å²) in [6, 6.07) is 7.72. The van der Waals surface area contributed by atoms with Crippen molar-refractivity contribution >= 4 is 5.91 Å². The van der Waals surface area contributed by atoms with E-state index in [9.17, 15) is 4.79 Å². The Hall–Kier alpha value is -1.71. The quantitative estimate of drug-likeness (QED) is 0.736. The van der Waals surface area contributed by atoms with Crippen LogP contribution in [0.2, 0.25) is 0 Å². The first-order valence-corrected chi connectivity index (χ1v) is 7.62. The van der Waals surface area contributed by atoms with E-state index in [4.69, 9.17) is 9.47 Å². The van der Waals surface area contributed by atoms with Crippen LogP contribution in [0.4, 0.5) is 0 Å². The molecular weight excluding hydrogens is 266 g/mol. The molecule has 0 atom stereocenters. The third kappa shape index (κ3) is 5.66. The maximum atomic E-state index is 12.2. The van der Waals surface area contributed by atoms with E-state index in [1.807, 2.05) is 56.9 Å². The van der Waals surface area contributed by atoms with E-state index < -0.39 is 0 Å². The molecule has 1 aromatic rings. The summed E-state index contributed by atoms with van der Waals surface area (Å²) < 4.78 is 11.1. The van der Waals surface area contributed by atoms with E-state index in [1.165, 1.54) is 0 Å². The molecule has 0 aliphatic rings. The van der Waals surface area contributed by atoms with Crippen LogP contribution >= 0.6 is 0 Å². The smallest absolute Gasteiger partial charge is 0.260 e. The highest BCUT2D eigenvalue weighted by molar-refractivity contribution is 5.78. The first-order chi connectivity index (χ1) is 9.95. The van der Waals surface area contributed by atoms with Gasteiger partial charge in [-0.05, 0) is 58.4 Å². The largest absolute Gasteiger partial charge is 0.494 e. The van der Waals surface area contributed by atoms with Crippen LogP contribution in [0.25, 0.3) is 0 Å². The minimum atomic E-state index is 0.00584. The van der Waals surface area contributed by atoms with Crippen LogP contribution in [0, 0.1) is 0 Å². The van der Waals surface area contributed by atoms with Crippen LogP contribution in [-0.2, 0) is 4.79 Å². The normalized spacial score (nSPS) is 10.8. The first-order valence-electron chi connectivity index (χ1n) is 7.62. The Labute approximate surface area is 128 Å². The van der Waals surface area contributed by atoms with Gasteiger partial charge in [-0.15, -0.1) is 0 Å². The van der Waals surface area contributed by atoms with Gasteiger partial charge in [0.25, 0.3) is 5.91 Å². The number of ether oxygens (including phenoxy) is 2. The topological polar surface area (TPSA) is 38.8 Å². The molecular formula is C17H27NO3. The molecule has 0 aliphatic heterocycles. The summed E-state index contributed by atoms with van der Waals surface area (Å²) in [6.45, 7) is 10.9. The second-order valence-corrected chi connectivity index (χ2v) is 5.60. The molecule has 1 aromatic carbocycles. The van der Waals surface area contributed by atoms with Crippen LogP contribution in [0.1, 0.15) is 41.0 Å².